The predicted molar refractivity (Wildman–Crippen MR) is 68.6 cm³/mol. The van der Waals surface area contributed by atoms with Gasteiger partial charge in [-0.25, -0.2) is 4.68 Å². The van der Waals surface area contributed by atoms with Crippen molar-refractivity contribution in [1.29, 1.82) is 0 Å². The second-order valence-corrected chi connectivity index (χ2v) is 5.19. The number of aryl methyl sites for hydroxylation is 1. The molecule has 1 heterocycles. The van der Waals surface area contributed by atoms with Crippen LogP contribution >= 0.6 is 0 Å². The van der Waals surface area contributed by atoms with Crippen LogP contribution in [0.4, 0.5) is 0 Å². The van der Waals surface area contributed by atoms with E-state index in [1.807, 2.05) is 10.9 Å². The maximum absolute atomic E-state index is 4.15. The Labute approximate surface area is 104 Å². The zero-order chi connectivity index (χ0) is 12.3. The molecule has 4 nitrogen and oxygen atoms in total. The van der Waals surface area contributed by atoms with Crippen LogP contribution < -0.4 is 5.32 Å². The number of rotatable bonds is 5. The molecule has 0 radical (unpaired) electrons. The molecule has 3 atom stereocenters. The van der Waals surface area contributed by atoms with Crippen molar-refractivity contribution in [3.05, 3.63) is 11.9 Å². The fourth-order valence-corrected chi connectivity index (χ4v) is 3.04. The monoisotopic (exact) mass is 236 g/mol. The van der Waals surface area contributed by atoms with Gasteiger partial charge < -0.3 is 5.32 Å². The maximum atomic E-state index is 4.15. The summed E-state index contributed by atoms with van der Waals surface area (Å²) in [5.74, 6) is 1.61. The van der Waals surface area contributed by atoms with Crippen molar-refractivity contribution in [2.75, 3.05) is 6.54 Å². The molecule has 1 N–H and O–H groups in total. The number of nitrogens with zero attached hydrogens (tertiary/aromatic N) is 3. The number of hydrogen-bond donors (Lipinski definition) is 1. The van der Waals surface area contributed by atoms with Gasteiger partial charge in [0, 0.05) is 6.54 Å². The summed E-state index contributed by atoms with van der Waals surface area (Å²) in [7, 11) is 0. The summed E-state index contributed by atoms with van der Waals surface area (Å²) < 4.78 is 2.02. The van der Waals surface area contributed by atoms with Crippen LogP contribution in [-0.2, 0) is 6.54 Å². The van der Waals surface area contributed by atoms with Crippen LogP contribution in [0.2, 0.25) is 0 Å². The third kappa shape index (κ3) is 2.68. The number of nitrogens with one attached hydrogen (secondary N) is 1. The van der Waals surface area contributed by atoms with Gasteiger partial charge in [0.05, 0.1) is 17.9 Å². The lowest BCUT2D eigenvalue weighted by molar-refractivity contribution is 0.344. The Bertz CT molecular complexity index is 347. The molecule has 0 saturated heterocycles. The summed E-state index contributed by atoms with van der Waals surface area (Å²) >= 11 is 0. The van der Waals surface area contributed by atoms with Gasteiger partial charge in [-0.05, 0) is 38.1 Å². The van der Waals surface area contributed by atoms with Gasteiger partial charge in [-0.3, -0.25) is 0 Å². The molecule has 1 saturated carbocycles. The molecular weight excluding hydrogens is 212 g/mol. The molecule has 1 aromatic rings. The smallest absolute Gasteiger partial charge is 0.0759 e. The molecule has 17 heavy (non-hydrogen) atoms. The van der Waals surface area contributed by atoms with Crippen LogP contribution in [0, 0.1) is 11.8 Å². The number of hydrogen-bond acceptors (Lipinski definition) is 3. The highest BCUT2D eigenvalue weighted by atomic mass is 15.4. The van der Waals surface area contributed by atoms with Gasteiger partial charge >= 0.3 is 0 Å². The Kier molecular flexibility index (Phi) is 4.15. The summed E-state index contributed by atoms with van der Waals surface area (Å²) in [6.45, 7) is 8.56. The molecule has 1 fully saturated rings. The molecule has 0 bridgehead atoms. The second-order valence-electron chi connectivity index (χ2n) is 5.19. The molecule has 1 aromatic heterocycles. The van der Waals surface area contributed by atoms with Gasteiger partial charge in [0.2, 0.25) is 0 Å². The summed E-state index contributed by atoms with van der Waals surface area (Å²) in [5, 5.41) is 11.8. The van der Waals surface area contributed by atoms with E-state index in [1.165, 1.54) is 25.0 Å². The minimum atomic E-state index is 0.430. The van der Waals surface area contributed by atoms with E-state index >= 15 is 0 Å². The summed E-state index contributed by atoms with van der Waals surface area (Å²) in [6.07, 6.45) is 5.94. The average molecular weight is 236 g/mol. The van der Waals surface area contributed by atoms with Crippen molar-refractivity contribution in [1.82, 2.24) is 20.3 Å². The predicted octanol–water partition coefficient (Wildman–Crippen LogP) is 2.38. The minimum Gasteiger partial charge on any atom is -0.309 e. The van der Waals surface area contributed by atoms with Gasteiger partial charge in [-0.2, -0.15) is 0 Å². The molecule has 96 valence electrons. The van der Waals surface area contributed by atoms with Crippen molar-refractivity contribution in [3.8, 4) is 0 Å². The average Bonchev–Trinajstić information content (AvgIpc) is 2.94. The lowest BCUT2D eigenvalue weighted by Crippen LogP contribution is -2.29. The fourth-order valence-electron chi connectivity index (χ4n) is 3.04. The first-order valence-corrected chi connectivity index (χ1v) is 6.88. The molecule has 0 aliphatic heterocycles. The highest BCUT2D eigenvalue weighted by Crippen LogP contribution is 2.38. The topological polar surface area (TPSA) is 42.7 Å². The fraction of sp³-hybridized carbons (Fsp3) is 0.846. The van der Waals surface area contributed by atoms with E-state index in [2.05, 4.69) is 36.4 Å². The molecule has 0 spiro atoms. The van der Waals surface area contributed by atoms with E-state index in [0.29, 0.717) is 6.04 Å². The quantitative estimate of drug-likeness (QED) is 0.853. The maximum Gasteiger partial charge on any atom is 0.0759 e. The molecule has 0 amide bonds. The van der Waals surface area contributed by atoms with E-state index < -0.39 is 0 Å². The van der Waals surface area contributed by atoms with Crippen LogP contribution in [0.15, 0.2) is 6.20 Å². The molecule has 3 unspecified atom stereocenters. The highest BCUT2D eigenvalue weighted by molar-refractivity contribution is 5.05. The van der Waals surface area contributed by atoms with Crippen molar-refractivity contribution in [3.63, 3.8) is 0 Å². The van der Waals surface area contributed by atoms with E-state index in [0.717, 1.165) is 24.9 Å². The Morgan fingerprint density at radius 3 is 2.88 bits per heavy atom. The van der Waals surface area contributed by atoms with E-state index in [4.69, 9.17) is 0 Å². The molecular formula is C13H24N4. The molecule has 0 aromatic carbocycles. The van der Waals surface area contributed by atoms with Gasteiger partial charge in [0.25, 0.3) is 0 Å². The first kappa shape index (κ1) is 12.6. The Balaban J connectivity index is 2.16. The molecule has 1 aliphatic carbocycles. The van der Waals surface area contributed by atoms with Crippen molar-refractivity contribution < 1.29 is 0 Å². The summed E-state index contributed by atoms with van der Waals surface area (Å²) in [5.41, 5.74) is 1.26. The number of aromatic nitrogens is 3. The summed E-state index contributed by atoms with van der Waals surface area (Å²) in [4.78, 5) is 0. The second kappa shape index (κ2) is 5.63. The lowest BCUT2D eigenvalue weighted by atomic mass is 9.94. The molecule has 2 rings (SSSR count). The normalized spacial score (nSPS) is 26.3. The van der Waals surface area contributed by atoms with E-state index in [1.54, 1.807) is 0 Å². The van der Waals surface area contributed by atoms with E-state index in [-0.39, 0.29) is 0 Å². The SMILES string of the molecule is CCNC(c1cnnn1CC)C1CCC(C)C1. The zero-order valence-corrected chi connectivity index (χ0v) is 11.2. The van der Waals surface area contributed by atoms with Crippen molar-refractivity contribution in [2.45, 2.75) is 52.6 Å². The van der Waals surface area contributed by atoms with Gasteiger partial charge in [-0.15, -0.1) is 5.10 Å². The van der Waals surface area contributed by atoms with Crippen LogP contribution in [0.1, 0.15) is 51.8 Å². The van der Waals surface area contributed by atoms with Crippen LogP contribution in [0.5, 0.6) is 0 Å². The third-order valence-electron chi connectivity index (χ3n) is 3.90. The lowest BCUT2D eigenvalue weighted by Gasteiger charge is -2.24. The Morgan fingerprint density at radius 1 is 1.47 bits per heavy atom. The molecule has 4 heteroatoms. The third-order valence-corrected chi connectivity index (χ3v) is 3.90. The van der Waals surface area contributed by atoms with Crippen LogP contribution in [0.25, 0.3) is 0 Å². The van der Waals surface area contributed by atoms with Gasteiger partial charge in [0.1, 0.15) is 0 Å². The van der Waals surface area contributed by atoms with Gasteiger partial charge in [-0.1, -0.05) is 25.5 Å². The van der Waals surface area contributed by atoms with Crippen molar-refractivity contribution >= 4 is 0 Å². The highest BCUT2D eigenvalue weighted by Gasteiger charge is 2.31. The summed E-state index contributed by atoms with van der Waals surface area (Å²) in [6, 6.07) is 0.430. The standard InChI is InChI=1S/C13H24N4/c1-4-14-13(11-7-6-10(3)8-11)12-9-15-16-17(12)5-2/h9-11,13-14H,4-8H2,1-3H3. The van der Waals surface area contributed by atoms with Crippen molar-refractivity contribution in [2.24, 2.45) is 11.8 Å². The van der Waals surface area contributed by atoms with Crippen LogP contribution in [0.3, 0.4) is 0 Å². The molecule has 1 aliphatic rings. The van der Waals surface area contributed by atoms with Gasteiger partial charge in [0.15, 0.2) is 0 Å². The Morgan fingerprint density at radius 2 is 2.29 bits per heavy atom. The first-order valence-electron chi connectivity index (χ1n) is 6.88. The van der Waals surface area contributed by atoms with Crippen LogP contribution in [-0.4, -0.2) is 21.5 Å². The Hall–Kier alpha value is -0.900. The minimum absolute atomic E-state index is 0.430. The van der Waals surface area contributed by atoms with E-state index in [9.17, 15) is 0 Å². The first-order chi connectivity index (χ1) is 8.26. The zero-order valence-electron chi connectivity index (χ0n) is 11.2. The largest absolute Gasteiger partial charge is 0.309 e.